The van der Waals surface area contributed by atoms with Gasteiger partial charge in [-0.25, -0.2) is 0 Å². The fourth-order valence-corrected chi connectivity index (χ4v) is 2.61. The maximum atomic E-state index is 11.8. The molecule has 2 heterocycles. The van der Waals surface area contributed by atoms with Crippen molar-refractivity contribution >= 4 is 18.3 Å². The van der Waals surface area contributed by atoms with Gasteiger partial charge in [-0.2, -0.15) is 0 Å². The molecule has 2 fully saturated rings. The second kappa shape index (κ2) is 9.55. The van der Waals surface area contributed by atoms with Crippen LogP contribution in [0.4, 0.5) is 0 Å². The van der Waals surface area contributed by atoms with Crippen LogP contribution in [-0.2, 0) is 14.3 Å². The van der Waals surface area contributed by atoms with Crippen LogP contribution < -0.4 is 10.6 Å². The first-order valence-electron chi connectivity index (χ1n) is 7.43. The Morgan fingerprint density at radius 1 is 1.50 bits per heavy atom. The number of carbonyl (C=O) groups is 1. The third-order valence-electron chi connectivity index (χ3n) is 3.82. The van der Waals surface area contributed by atoms with Gasteiger partial charge in [0.25, 0.3) is 0 Å². The van der Waals surface area contributed by atoms with Gasteiger partial charge in [0.05, 0.1) is 19.3 Å². The summed E-state index contributed by atoms with van der Waals surface area (Å²) >= 11 is 0. The molecule has 0 bridgehead atoms. The van der Waals surface area contributed by atoms with Crippen molar-refractivity contribution < 1.29 is 14.3 Å². The normalized spacial score (nSPS) is 27.1. The van der Waals surface area contributed by atoms with Crippen LogP contribution in [0.15, 0.2) is 0 Å². The van der Waals surface area contributed by atoms with Gasteiger partial charge in [-0.3, -0.25) is 4.79 Å². The molecule has 2 N–H and O–H groups in total. The van der Waals surface area contributed by atoms with Crippen LogP contribution in [0, 0.1) is 5.92 Å². The number of nitrogens with one attached hydrogen (secondary N) is 2. The van der Waals surface area contributed by atoms with Crippen molar-refractivity contribution in [2.45, 2.75) is 44.8 Å². The van der Waals surface area contributed by atoms with E-state index in [1.165, 1.54) is 6.42 Å². The molecule has 2 aliphatic heterocycles. The van der Waals surface area contributed by atoms with E-state index in [1.807, 2.05) is 6.92 Å². The topological polar surface area (TPSA) is 59.6 Å². The van der Waals surface area contributed by atoms with Gasteiger partial charge >= 0.3 is 0 Å². The molecule has 0 aromatic rings. The van der Waals surface area contributed by atoms with Crippen LogP contribution in [0.2, 0.25) is 0 Å². The quantitative estimate of drug-likeness (QED) is 0.740. The maximum absolute atomic E-state index is 11.8. The van der Waals surface area contributed by atoms with Crippen LogP contribution in [0.5, 0.6) is 0 Å². The second-order valence-electron chi connectivity index (χ2n) is 5.68. The van der Waals surface area contributed by atoms with Gasteiger partial charge in [0.15, 0.2) is 0 Å². The van der Waals surface area contributed by atoms with E-state index in [0.717, 1.165) is 32.5 Å². The highest BCUT2D eigenvalue weighted by Gasteiger charge is 2.19. The number of hydrogen-bond donors (Lipinski definition) is 2. The molecule has 0 aliphatic carbocycles. The lowest BCUT2D eigenvalue weighted by Gasteiger charge is -2.17. The molecule has 0 saturated carbocycles. The third-order valence-corrected chi connectivity index (χ3v) is 3.82. The number of carbonyl (C=O) groups excluding carboxylic acids is 1. The number of halogens is 1. The van der Waals surface area contributed by atoms with E-state index in [0.29, 0.717) is 25.6 Å². The smallest absolute Gasteiger partial charge is 0.220 e. The molecule has 20 heavy (non-hydrogen) atoms. The molecule has 2 aliphatic rings. The van der Waals surface area contributed by atoms with Crippen LogP contribution in [-0.4, -0.2) is 51.0 Å². The minimum absolute atomic E-state index is 0. The molecule has 2 saturated heterocycles. The van der Waals surface area contributed by atoms with Crippen molar-refractivity contribution in [3.05, 3.63) is 0 Å². The zero-order chi connectivity index (χ0) is 13.5. The summed E-state index contributed by atoms with van der Waals surface area (Å²) in [4.78, 5) is 11.8. The summed E-state index contributed by atoms with van der Waals surface area (Å²) in [6.07, 6.45) is 4.00. The molecule has 118 valence electrons. The predicted octanol–water partition coefficient (Wildman–Crippen LogP) is 1.11. The first-order chi connectivity index (χ1) is 9.24. The first-order valence-corrected chi connectivity index (χ1v) is 7.43. The van der Waals surface area contributed by atoms with Gasteiger partial charge < -0.3 is 20.1 Å². The molecule has 5 nitrogen and oxygen atoms in total. The van der Waals surface area contributed by atoms with Gasteiger partial charge in [0.2, 0.25) is 5.91 Å². The summed E-state index contributed by atoms with van der Waals surface area (Å²) in [5, 5.41) is 6.33. The largest absolute Gasteiger partial charge is 0.379 e. The standard InChI is InChI=1S/C14H26N2O3.ClH/c1-11(9-19-13-5-7-18-10-13)16-14(17)3-2-12-4-6-15-8-12;/h11-13,15H,2-10H2,1H3,(H,16,17);1H. The van der Waals surface area contributed by atoms with Crippen LogP contribution >= 0.6 is 12.4 Å². The average Bonchev–Trinajstić information content (AvgIpc) is 3.07. The van der Waals surface area contributed by atoms with E-state index in [4.69, 9.17) is 9.47 Å². The summed E-state index contributed by atoms with van der Waals surface area (Å²) < 4.78 is 10.9. The van der Waals surface area contributed by atoms with Gasteiger partial charge in [-0.1, -0.05) is 0 Å². The Labute approximate surface area is 127 Å². The van der Waals surface area contributed by atoms with E-state index < -0.39 is 0 Å². The summed E-state index contributed by atoms with van der Waals surface area (Å²) in [7, 11) is 0. The molecule has 0 aromatic heterocycles. The Bertz CT molecular complexity index is 280. The molecule has 1 amide bonds. The summed E-state index contributed by atoms with van der Waals surface area (Å²) in [6.45, 7) is 6.21. The van der Waals surface area contributed by atoms with Crippen molar-refractivity contribution in [2.24, 2.45) is 5.92 Å². The molecule has 0 aromatic carbocycles. The van der Waals surface area contributed by atoms with Crippen molar-refractivity contribution in [1.82, 2.24) is 10.6 Å². The number of rotatable bonds is 7. The summed E-state index contributed by atoms with van der Waals surface area (Å²) in [5.41, 5.74) is 0. The summed E-state index contributed by atoms with van der Waals surface area (Å²) in [5.74, 6) is 0.818. The Morgan fingerprint density at radius 2 is 2.35 bits per heavy atom. The molecule has 3 atom stereocenters. The van der Waals surface area contributed by atoms with E-state index >= 15 is 0 Å². The minimum Gasteiger partial charge on any atom is -0.379 e. The first kappa shape index (κ1) is 17.7. The SMILES string of the molecule is CC(COC1CCOC1)NC(=O)CCC1CCNC1.Cl. The van der Waals surface area contributed by atoms with E-state index in [1.54, 1.807) is 0 Å². The van der Waals surface area contributed by atoms with Crippen molar-refractivity contribution in [3.8, 4) is 0 Å². The van der Waals surface area contributed by atoms with Crippen LogP contribution in [0.3, 0.4) is 0 Å². The Balaban J connectivity index is 0.00000200. The molecule has 6 heteroatoms. The highest BCUT2D eigenvalue weighted by atomic mass is 35.5. The number of ether oxygens (including phenoxy) is 2. The lowest BCUT2D eigenvalue weighted by Crippen LogP contribution is -2.37. The molecule has 2 rings (SSSR count). The highest BCUT2D eigenvalue weighted by Crippen LogP contribution is 2.14. The predicted molar refractivity (Wildman–Crippen MR) is 80.2 cm³/mol. The molecule has 3 unspecified atom stereocenters. The van der Waals surface area contributed by atoms with Crippen molar-refractivity contribution in [1.29, 1.82) is 0 Å². The zero-order valence-electron chi connectivity index (χ0n) is 12.2. The molecular weight excluding hydrogens is 280 g/mol. The monoisotopic (exact) mass is 306 g/mol. The fraction of sp³-hybridized carbons (Fsp3) is 0.929. The van der Waals surface area contributed by atoms with Crippen molar-refractivity contribution in [2.75, 3.05) is 32.9 Å². The van der Waals surface area contributed by atoms with Gasteiger partial charge in [-0.15, -0.1) is 12.4 Å². The summed E-state index contributed by atoms with van der Waals surface area (Å²) in [6, 6.07) is 0.0785. The Hall–Kier alpha value is -0.360. The van der Waals surface area contributed by atoms with E-state index in [2.05, 4.69) is 10.6 Å². The lowest BCUT2D eigenvalue weighted by molar-refractivity contribution is -0.122. The van der Waals surface area contributed by atoms with E-state index in [9.17, 15) is 4.79 Å². The average molecular weight is 307 g/mol. The Morgan fingerprint density at radius 3 is 3.00 bits per heavy atom. The number of amides is 1. The second-order valence-corrected chi connectivity index (χ2v) is 5.68. The van der Waals surface area contributed by atoms with Gasteiger partial charge in [0, 0.05) is 19.1 Å². The zero-order valence-corrected chi connectivity index (χ0v) is 13.0. The third kappa shape index (κ3) is 6.39. The van der Waals surface area contributed by atoms with Crippen molar-refractivity contribution in [3.63, 3.8) is 0 Å². The van der Waals surface area contributed by atoms with Crippen LogP contribution in [0.1, 0.15) is 32.6 Å². The van der Waals surface area contributed by atoms with E-state index in [-0.39, 0.29) is 30.5 Å². The van der Waals surface area contributed by atoms with Gasteiger partial charge in [0.1, 0.15) is 0 Å². The lowest BCUT2D eigenvalue weighted by atomic mass is 10.0. The maximum Gasteiger partial charge on any atom is 0.220 e. The molecular formula is C14H27ClN2O3. The minimum atomic E-state index is 0. The highest BCUT2D eigenvalue weighted by molar-refractivity contribution is 5.85. The molecule has 0 radical (unpaired) electrons. The van der Waals surface area contributed by atoms with Crippen LogP contribution in [0.25, 0.3) is 0 Å². The number of hydrogen-bond acceptors (Lipinski definition) is 4. The Kier molecular flexibility index (Phi) is 8.45. The fourth-order valence-electron chi connectivity index (χ4n) is 2.61. The van der Waals surface area contributed by atoms with Gasteiger partial charge in [-0.05, 0) is 45.2 Å². The molecule has 0 spiro atoms.